The molecule has 0 spiro atoms. The fourth-order valence-corrected chi connectivity index (χ4v) is 3.02. The molecule has 1 aliphatic rings. The number of carbonyl (C=O) groups excluding carboxylic acids is 1. The number of aliphatic carboxylic acids is 1. The van der Waals surface area contributed by atoms with Gasteiger partial charge in [-0.1, -0.05) is 6.07 Å². The van der Waals surface area contributed by atoms with Crippen LogP contribution in [0.1, 0.15) is 16.8 Å². The fourth-order valence-electron chi connectivity index (χ4n) is 2.46. The minimum atomic E-state index is -0.944. The number of benzene rings is 1. The molecule has 2 atom stereocenters. The highest BCUT2D eigenvalue weighted by atomic mass is 79.9. The van der Waals surface area contributed by atoms with Crippen LogP contribution < -0.4 is 10.6 Å². The summed E-state index contributed by atoms with van der Waals surface area (Å²) >= 11 is 3.28. The number of methoxy groups -OCH3 is 1. The molecule has 0 aromatic heterocycles. The van der Waals surface area contributed by atoms with E-state index >= 15 is 0 Å². The zero-order valence-electron chi connectivity index (χ0n) is 10.9. The van der Waals surface area contributed by atoms with Crippen molar-refractivity contribution in [2.24, 2.45) is 5.73 Å². The Morgan fingerprint density at radius 1 is 1.50 bits per heavy atom. The van der Waals surface area contributed by atoms with Crippen molar-refractivity contribution in [1.82, 2.24) is 0 Å². The van der Waals surface area contributed by atoms with Gasteiger partial charge in [0.25, 0.3) is 5.91 Å². The van der Waals surface area contributed by atoms with E-state index in [0.717, 1.165) is 0 Å². The second-order valence-corrected chi connectivity index (χ2v) is 5.45. The van der Waals surface area contributed by atoms with Gasteiger partial charge < -0.3 is 20.5 Å². The van der Waals surface area contributed by atoms with E-state index < -0.39 is 17.9 Å². The number of carbonyl (C=O) groups is 2. The van der Waals surface area contributed by atoms with Crippen LogP contribution >= 0.6 is 15.9 Å². The van der Waals surface area contributed by atoms with Crippen molar-refractivity contribution in [3.63, 3.8) is 0 Å². The zero-order valence-corrected chi connectivity index (χ0v) is 12.5. The summed E-state index contributed by atoms with van der Waals surface area (Å²) in [7, 11) is 1.54. The van der Waals surface area contributed by atoms with Gasteiger partial charge in [0, 0.05) is 24.5 Å². The highest BCUT2D eigenvalue weighted by molar-refractivity contribution is 9.10. The first-order valence-electron chi connectivity index (χ1n) is 6.06. The van der Waals surface area contributed by atoms with E-state index in [9.17, 15) is 14.7 Å². The molecule has 108 valence electrons. The van der Waals surface area contributed by atoms with Gasteiger partial charge in [-0.05, 0) is 28.1 Å². The monoisotopic (exact) mass is 342 g/mol. The van der Waals surface area contributed by atoms with E-state index in [4.69, 9.17) is 10.5 Å². The molecular formula is C13H15BrN2O4. The van der Waals surface area contributed by atoms with Crippen LogP contribution in [0.3, 0.4) is 0 Å². The normalized spacial score (nSPS) is 22.0. The Bertz CT molecular complexity index is 549. The summed E-state index contributed by atoms with van der Waals surface area (Å²) in [6.07, 6.45) is 0.187. The van der Waals surface area contributed by atoms with Gasteiger partial charge >= 0.3 is 5.97 Å². The molecule has 1 aromatic carbocycles. The number of ether oxygens (including phenoxy) is 1. The Hall–Kier alpha value is -1.60. The van der Waals surface area contributed by atoms with Gasteiger partial charge in [-0.3, -0.25) is 4.79 Å². The summed E-state index contributed by atoms with van der Waals surface area (Å²) in [5, 5.41) is 9.33. The molecule has 1 fully saturated rings. The third-order valence-electron chi connectivity index (χ3n) is 3.43. The average molecular weight is 343 g/mol. The predicted molar refractivity (Wildman–Crippen MR) is 76.8 cm³/mol. The molecule has 1 amide bonds. The Labute approximate surface area is 124 Å². The number of nitrogens with two attached hydrogens (primary N) is 1. The van der Waals surface area contributed by atoms with E-state index in [2.05, 4.69) is 15.9 Å². The third kappa shape index (κ3) is 2.64. The smallest absolute Gasteiger partial charge is 0.326 e. The second-order valence-electron chi connectivity index (χ2n) is 4.60. The summed E-state index contributed by atoms with van der Waals surface area (Å²) in [5.41, 5.74) is 6.20. The molecule has 6 nitrogen and oxygen atoms in total. The van der Waals surface area contributed by atoms with Gasteiger partial charge in [-0.2, -0.15) is 0 Å². The van der Waals surface area contributed by atoms with Crippen LogP contribution in [0.2, 0.25) is 0 Å². The molecule has 0 radical (unpaired) electrons. The van der Waals surface area contributed by atoms with E-state index in [1.807, 2.05) is 0 Å². The zero-order chi connectivity index (χ0) is 14.9. The van der Waals surface area contributed by atoms with E-state index in [0.29, 0.717) is 23.1 Å². The van der Waals surface area contributed by atoms with Crippen molar-refractivity contribution in [2.75, 3.05) is 18.6 Å². The lowest BCUT2D eigenvalue weighted by molar-refractivity contribution is -0.138. The molecule has 0 saturated carbocycles. The molecule has 0 aliphatic carbocycles. The summed E-state index contributed by atoms with van der Waals surface area (Å²) in [6, 6.07) is 4.40. The third-order valence-corrected chi connectivity index (χ3v) is 4.09. The van der Waals surface area contributed by atoms with Gasteiger partial charge in [0.15, 0.2) is 0 Å². The molecule has 2 unspecified atom stereocenters. The van der Waals surface area contributed by atoms with Crippen LogP contribution in [-0.2, 0) is 9.53 Å². The molecule has 20 heavy (non-hydrogen) atoms. The maximum Gasteiger partial charge on any atom is 0.326 e. The molecule has 1 aromatic rings. The van der Waals surface area contributed by atoms with Gasteiger partial charge in [0.2, 0.25) is 0 Å². The molecule has 7 heteroatoms. The van der Waals surface area contributed by atoms with Crippen molar-refractivity contribution in [2.45, 2.75) is 18.6 Å². The second kappa shape index (κ2) is 5.80. The molecule has 1 saturated heterocycles. The number of primary amides is 1. The summed E-state index contributed by atoms with van der Waals surface area (Å²) in [6.45, 7) is 0.407. The number of anilines is 1. The van der Waals surface area contributed by atoms with E-state index in [1.165, 1.54) is 0 Å². The average Bonchev–Trinajstić information content (AvgIpc) is 2.82. The Morgan fingerprint density at radius 2 is 2.20 bits per heavy atom. The minimum Gasteiger partial charge on any atom is -0.480 e. The van der Waals surface area contributed by atoms with E-state index in [-0.39, 0.29) is 11.7 Å². The molecule has 3 N–H and O–H groups in total. The summed E-state index contributed by atoms with van der Waals surface area (Å²) < 4.78 is 5.79. The van der Waals surface area contributed by atoms with Crippen molar-refractivity contribution in [3.05, 3.63) is 28.2 Å². The summed E-state index contributed by atoms with van der Waals surface area (Å²) in [5.74, 6) is -1.54. The lowest BCUT2D eigenvalue weighted by atomic mass is 10.1. The van der Waals surface area contributed by atoms with Crippen molar-refractivity contribution < 1.29 is 19.4 Å². The van der Waals surface area contributed by atoms with Gasteiger partial charge in [0.05, 0.1) is 17.4 Å². The molecule has 1 heterocycles. The summed E-state index contributed by atoms with van der Waals surface area (Å²) in [4.78, 5) is 24.7. The maximum absolute atomic E-state index is 11.6. The Morgan fingerprint density at radius 3 is 2.75 bits per heavy atom. The molecular weight excluding hydrogens is 328 g/mol. The van der Waals surface area contributed by atoms with Crippen LogP contribution in [0.4, 0.5) is 5.69 Å². The van der Waals surface area contributed by atoms with Gasteiger partial charge in [-0.15, -0.1) is 0 Å². The molecule has 2 rings (SSSR count). The van der Waals surface area contributed by atoms with Crippen LogP contribution in [0.5, 0.6) is 0 Å². The van der Waals surface area contributed by atoms with Crippen LogP contribution in [0.15, 0.2) is 22.7 Å². The standard InChI is InChI=1S/C13H15BrN2O4/c1-20-7-5-10(13(18)19)16(6-7)9-4-2-3-8(14)11(9)12(15)17/h2-4,7,10H,5-6H2,1H3,(H2,15,17)(H,18,19). The lowest BCUT2D eigenvalue weighted by Gasteiger charge is -2.25. The van der Waals surface area contributed by atoms with E-state index in [1.54, 1.807) is 30.2 Å². The van der Waals surface area contributed by atoms with Gasteiger partial charge in [0.1, 0.15) is 6.04 Å². The van der Waals surface area contributed by atoms with Crippen LogP contribution in [0.25, 0.3) is 0 Å². The number of hydrogen-bond acceptors (Lipinski definition) is 4. The van der Waals surface area contributed by atoms with Crippen LogP contribution in [-0.4, -0.2) is 42.8 Å². The number of halogens is 1. The van der Waals surface area contributed by atoms with Crippen molar-refractivity contribution in [3.8, 4) is 0 Å². The number of hydrogen-bond donors (Lipinski definition) is 2. The molecule has 1 aliphatic heterocycles. The topological polar surface area (TPSA) is 92.9 Å². The number of amides is 1. The highest BCUT2D eigenvalue weighted by Crippen LogP contribution is 2.33. The number of carboxylic acids is 1. The number of rotatable bonds is 4. The highest BCUT2D eigenvalue weighted by Gasteiger charge is 2.38. The Kier molecular flexibility index (Phi) is 4.29. The fraction of sp³-hybridized carbons (Fsp3) is 0.385. The lowest BCUT2D eigenvalue weighted by Crippen LogP contribution is -2.37. The van der Waals surface area contributed by atoms with Gasteiger partial charge in [-0.25, -0.2) is 4.79 Å². The largest absolute Gasteiger partial charge is 0.480 e. The van der Waals surface area contributed by atoms with Crippen molar-refractivity contribution in [1.29, 1.82) is 0 Å². The number of nitrogens with zero attached hydrogens (tertiary/aromatic N) is 1. The van der Waals surface area contributed by atoms with Crippen molar-refractivity contribution >= 4 is 33.5 Å². The minimum absolute atomic E-state index is 0.184. The van der Waals surface area contributed by atoms with Crippen LogP contribution in [0, 0.1) is 0 Å². The number of carboxylic acid groups (broad SMARTS) is 1. The molecule has 0 bridgehead atoms. The SMILES string of the molecule is COC1CC(C(=O)O)N(c2cccc(Br)c2C(N)=O)C1. The first-order valence-corrected chi connectivity index (χ1v) is 6.85. The Balaban J connectivity index is 2.47. The maximum atomic E-state index is 11.6. The predicted octanol–water partition coefficient (Wildman–Crippen LogP) is 1.23. The quantitative estimate of drug-likeness (QED) is 0.858. The first kappa shape index (κ1) is 14.8. The first-order chi connectivity index (χ1) is 9.45.